The average Bonchev–Trinajstić information content (AvgIpc) is 3.14. The van der Waals surface area contributed by atoms with E-state index in [4.69, 9.17) is 0 Å². The second-order valence-electron chi connectivity index (χ2n) is 4.99. The molecular weight excluding hydrogens is 315 g/mol. The molecule has 0 atom stereocenters. The van der Waals surface area contributed by atoms with Crippen molar-refractivity contribution in [1.82, 2.24) is 14.8 Å². The molecule has 0 saturated carbocycles. The number of aryl methyl sites for hydroxylation is 2. The zero-order valence-electron chi connectivity index (χ0n) is 12.7. The second kappa shape index (κ2) is 6.29. The largest absolute Gasteiger partial charge is 0.296 e. The van der Waals surface area contributed by atoms with Crippen LogP contribution in [0.5, 0.6) is 0 Å². The van der Waals surface area contributed by atoms with E-state index in [1.807, 2.05) is 19.2 Å². The summed E-state index contributed by atoms with van der Waals surface area (Å²) in [5.41, 5.74) is 2.79. The SMILES string of the molecule is CCn1nc(C(=O)Nc2nc(-c3ccc(F)cc3)cs2)cc1C. The van der Waals surface area contributed by atoms with Gasteiger partial charge in [-0.05, 0) is 44.2 Å². The molecule has 1 amide bonds. The molecule has 0 aliphatic carbocycles. The summed E-state index contributed by atoms with van der Waals surface area (Å²) in [4.78, 5) is 16.6. The number of hydrogen-bond acceptors (Lipinski definition) is 4. The lowest BCUT2D eigenvalue weighted by Crippen LogP contribution is -2.13. The van der Waals surface area contributed by atoms with Crippen molar-refractivity contribution in [3.63, 3.8) is 0 Å². The number of benzene rings is 1. The number of anilines is 1. The van der Waals surface area contributed by atoms with Gasteiger partial charge in [-0.15, -0.1) is 11.3 Å². The maximum atomic E-state index is 12.9. The van der Waals surface area contributed by atoms with Crippen molar-refractivity contribution in [3.05, 3.63) is 52.9 Å². The van der Waals surface area contributed by atoms with Crippen LogP contribution in [0.15, 0.2) is 35.7 Å². The van der Waals surface area contributed by atoms with Gasteiger partial charge in [-0.25, -0.2) is 9.37 Å². The Kier molecular flexibility index (Phi) is 4.20. The Hall–Kier alpha value is -2.54. The molecule has 7 heteroatoms. The third-order valence-corrected chi connectivity index (χ3v) is 4.14. The first-order chi connectivity index (χ1) is 11.1. The third kappa shape index (κ3) is 3.29. The standard InChI is InChI=1S/C16H15FN4OS/c1-3-21-10(2)8-13(20-21)15(22)19-16-18-14(9-23-16)11-4-6-12(17)7-5-11/h4-9H,3H2,1-2H3,(H,18,19,22). The number of carbonyl (C=O) groups excluding carboxylic acids is 1. The number of aromatic nitrogens is 3. The Balaban J connectivity index is 1.75. The number of amides is 1. The number of hydrogen-bond donors (Lipinski definition) is 1. The maximum absolute atomic E-state index is 12.9. The van der Waals surface area contributed by atoms with Gasteiger partial charge in [0.05, 0.1) is 5.69 Å². The zero-order valence-corrected chi connectivity index (χ0v) is 13.5. The topological polar surface area (TPSA) is 59.8 Å². The summed E-state index contributed by atoms with van der Waals surface area (Å²) in [5.74, 6) is -0.584. The Morgan fingerprint density at radius 3 is 2.74 bits per heavy atom. The molecular formula is C16H15FN4OS. The summed E-state index contributed by atoms with van der Waals surface area (Å²) < 4.78 is 14.7. The van der Waals surface area contributed by atoms with E-state index in [2.05, 4.69) is 15.4 Å². The van der Waals surface area contributed by atoms with Crippen molar-refractivity contribution in [2.75, 3.05) is 5.32 Å². The van der Waals surface area contributed by atoms with E-state index in [1.165, 1.54) is 23.5 Å². The van der Waals surface area contributed by atoms with Gasteiger partial charge in [-0.3, -0.25) is 14.8 Å². The van der Waals surface area contributed by atoms with Gasteiger partial charge >= 0.3 is 0 Å². The number of nitrogens with one attached hydrogen (secondary N) is 1. The summed E-state index contributed by atoms with van der Waals surface area (Å²) in [6.45, 7) is 4.59. The predicted molar refractivity (Wildman–Crippen MR) is 88.1 cm³/mol. The van der Waals surface area contributed by atoms with Crippen molar-refractivity contribution in [3.8, 4) is 11.3 Å². The number of halogens is 1. The smallest absolute Gasteiger partial charge is 0.277 e. The minimum Gasteiger partial charge on any atom is -0.296 e. The Morgan fingerprint density at radius 2 is 2.09 bits per heavy atom. The molecule has 118 valence electrons. The number of nitrogens with zero attached hydrogens (tertiary/aromatic N) is 3. The average molecular weight is 330 g/mol. The van der Waals surface area contributed by atoms with E-state index in [-0.39, 0.29) is 11.7 Å². The Labute approximate surface area is 136 Å². The lowest BCUT2D eigenvalue weighted by Gasteiger charge is -1.99. The molecule has 0 aliphatic heterocycles. The molecule has 1 aromatic carbocycles. The van der Waals surface area contributed by atoms with Gasteiger partial charge in [-0.1, -0.05) is 0 Å². The van der Waals surface area contributed by atoms with Crippen LogP contribution in [-0.2, 0) is 6.54 Å². The van der Waals surface area contributed by atoms with E-state index < -0.39 is 0 Å². The molecule has 0 radical (unpaired) electrons. The van der Waals surface area contributed by atoms with Crippen LogP contribution < -0.4 is 5.32 Å². The summed E-state index contributed by atoms with van der Waals surface area (Å²) >= 11 is 1.32. The minimum absolute atomic E-state index is 0.291. The number of carbonyl (C=O) groups is 1. The van der Waals surface area contributed by atoms with Gasteiger partial charge in [0.1, 0.15) is 5.82 Å². The molecule has 3 aromatic rings. The molecule has 0 aliphatic rings. The van der Waals surface area contributed by atoms with Gasteiger partial charge in [0.25, 0.3) is 5.91 Å². The molecule has 0 fully saturated rings. The molecule has 1 N–H and O–H groups in total. The Morgan fingerprint density at radius 1 is 1.35 bits per heavy atom. The van der Waals surface area contributed by atoms with Gasteiger partial charge in [0, 0.05) is 23.2 Å². The molecule has 23 heavy (non-hydrogen) atoms. The van der Waals surface area contributed by atoms with Crippen LogP contribution in [0.4, 0.5) is 9.52 Å². The molecule has 2 heterocycles. The van der Waals surface area contributed by atoms with E-state index in [0.29, 0.717) is 23.1 Å². The highest BCUT2D eigenvalue weighted by atomic mass is 32.1. The van der Waals surface area contributed by atoms with Crippen LogP contribution in [0.2, 0.25) is 0 Å². The molecule has 0 bridgehead atoms. The summed E-state index contributed by atoms with van der Waals surface area (Å²) in [5, 5.41) is 9.28. The zero-order chi connectivity index (χ0) is 16.4. The monoisotopic (exact) mass is 330 g/mol. The van der Waals surface area contributed by atoms with Gasteiger partial charge in [-0.2, -0.15) is 5.10 Å². The minimum atomic E-state index is -0.292. The molecule has 0 unspecified atom stereocenters. The molecule has 2 aromatic heterocycles. The molecule has 3 rings (SSSR count). The van der Waals surface area contributed by atoms with Crippen LogP contribution in [0.25, 0.3) is 11.3 Å². The summed E-state index contributed by atoms with van der Waals surface area (Å²) in [7, 11) is 0. The number of thiazole rings is 1. The van der Waals surface area contributed by atoms with Crippen molar-refractivity contribution >= 4 is 22.4 Å². The first-order valence-electron chi connectivity index (χ1n) is 7.14. The lowest BCUT2D eigenvalue weighted by atomic mass is 10.2. The molecule has 0 spiro atoms. The number of rotatable bonds is 4. The van der Waals surface area contributed by atoms with Crippen molar-refractivity contribution in [2.24, 2.45) is 0 Å². The molecule has 5 nitrogen and oxygen atoms in total. The lowest BCUT2D eigenvalue weighted by molar-refractivity contribution is 0.102. The van der Waals surface area contributed by atoms with Crippen molar-refractivity contribution in [2.45, 2.75) is 20.4 Å². The van der Waals surface area contributed by atoms with E-state index in [1.54, 1.807) is 22.9 Å². The van der Waals surface area contributed by atoms with E-state index in [9.17, 15) is 9.18 Å². The van der Waals surface area contributed by atoms with Crippen LogP contribution in [0, 0.1) is 12.7 Å². The van der Waals surface area contributed by atoms with Crippen LogP contribution >= 0.6 is 11.3 Å². The van der Waals surface area contributed by atoms with Crippen LogP contribution in [-0.4, -0.2) is 20.7 Å². The maximum Gasteiger partial charge on any atom is 0.277 e. The highest BCUT2D eigenvalue weighted by molar-refractivity contribution is 7.14. The molecule has 0 saturated heterocycles. The summed E-state index contributed by atoms with van der Waals surface area (Å²) in [6.07, 6.45) is 0. The fraction of sp³-hybridized carbons (Fsp3) is 0.188. The summed E-state index contributed by atoms with van der Waals surface area (Å²) in [6, 6.07) is 7.82. The normalized spacial score (nSPS) is 10.7. The highest BCUT2D eigenvalue weighted by Gasteiger charge is 2.14. The fourth-order valence-electron chi connectivity index (χ4n) is 2.19. The third-order valence-electron chi connectivity index (χ3n) is 3.38. The van der Waals surface area contributed by atoms with E-state index >= 15 is 0 Å². The van der Waals surface area contributed by atoms with Crippen molar-refractivity contribution < 1.29 is 9.18 Å². The van der Waals surface area contributed by atoms with Gasteiger partial charge < -0.3 is 0 Å². The first kappa shape index (κ1) is 15.4. The predicted octanol–water partition coefficient (Wildman–Crippen LogP) is 3.73. The van der Waals surface area contributed by atoms with Crippen LogP contribution in [0.1, 0.15) is 23.1 Å². The fourth-order valence-corrected chi connectivity index (χ4v) is 2.90. The van der Waals surface area contributed by atoms with Gasteiger partial charge in [0.15, 0.2) is 10.8 Å². The second-order valence-corrected chi connectivity index (χ2v) is 5.84. The Bertz CT molecular complexity index is 838. The first-order valence-corrected chi connectivity index (χ1v) is 8.02. The van der Waals surface area contributed by atoms with Gasteiger partial charge in [0.2, 0.25) is 0 Å². The van der Waals surface area contributed by atoms with Crippen molar-refractivity contribution in [1.29, 1.82) is 0 Å². The quantitative estimate of drug-likeness (QED) is 0.793. The highest BCUT2D eigenvalue weighted by Crippen LogP contribution is 2.25. The van der Waals surface area contributed by atoms with E-state index in [0.717, 1.165) is 11.3 Å². The van der Waals surface area contributed by atoms with Crippen LogP contribution in [0.3, 0.4) is 0 Å².